The summed E-state index contributed by atoms with van der Waals surface area (Å²) in [5.41, 5.74) is 1.05. The summed E-state index contributed by atoms with van der Waals surface area (Å²) >= 11 is 0. The van der Waals surface area contributed by atoms with Crippen LogP contribution in [0.2, 0.25) is 0 Å². The Bertz CT molecular complexity index is 740. The second-order valence-electron chi connectivity index (χ2n) is 8.14. The predicted octanol–water partition coefficient (Wildman–Crippen LogP) is 1.98. The molecule has 1 aliphatic heterocycles. The quantitative estimate of drug-likeness (QED) is 0.674. The maximum Gasteiger partial charge on any atom is 0.233 e. The van der Waals surface area contributed by atoms with E-state index in [1.54, 1.807) is 7.11 Å². The average Bonchev–Trinajstić information content (AvgIpc) is 2.97. The maximum absolute atomic E-state index is 12.5. The van der Waals surface area contributed by atoms with Crippen LogP contribution in [-0.2, 0) is 14.4 Å². The van der Waals surface area contributed by atoms with Crippen LogP contribution >= 0.6 is 0 Å². The van der Waals surface area contributed by atoms with Crippen molar-refractivity contribution in [1.29, 1.82) is 0 Å². The Morgan fingerprint density at radius 2 is 1.86 bits per heavy atom. The minimum Gasteiger partial charge on any atom is -0.497 e. The molecule has 0 bridgehead atoms. The molecule has 0 radical (unpaired) electrons. The molecule has 0 unspecified atom stereocenters. The standard InChI is InChI=1S/C22H31N3O4/c1-24(2)19(15-7-6-8-16(13-15)29-3)14-23-20(26)11-12-25-21(27)17-9-4-5-10-18(17)22(25)28/h6-8,13,17-19H,4-5,9-12,14H2,1-3H3,(H,23,26)/t17-,18-,19+/m0/s1. The van der Waals surface area contributed by atoms with Crippen molar-refractivity contribution in [2.75, 3.05) is 34.3 Å². The van der Waals surface area contributed by atoms with Crippen molar-refractivity contribution >= 4 is 17.7 Å². The zero-order valence-electron chi connectivity index (χ0n) is 17.5. The molecule has 7 heteroatoms. The Balaban J connectivity index is 1.53. The Kier molecular flexibility index (Phi) is 6.90. The Morgan fingerprint density at radius 3 is 2.45 bits per heavy atom. The van der Waals surface area contributed by atoms with E-state index in [1.807, 2.05) is 43.3 Å². The molecule has 0 aromatic heterocycles. The number of imide groups is 1. The Labute approximate surface area is 172 Å². The predicted molar refractivity (Wildman–Crippen MR) is 109 cm³/mol. The third-order valence-electron chi connectivity index (χ3n) is 6.09. The van der Waals surface area contributed by atoms with E-state index in [2.05, 4.69) is 5.32 Å². The number of fused-ring (bicyclic) bond motifs is 1. The van der Waals surface area contributed by atoms with Crippen LogP contribution in [0, 0.1) is 11.8 Å². The van der Waals surface area contributed by atoms with E-state index >= 15 is 0 Å². The molecule has 0 spiro atoms. The molecule has 2 fully saturated rings. The average molecular weight is 402 g/mol. The number of rotatable bonds is 8. The minimum atomic E-state index is -0.162. The maximum atomic E-state index is 12.5. The first-order valence-corrected chi connectivity index (χ1v) is 10.3. The summed E-state index contributed by atoms with van der Waals surface area (Å²) in [5, 5.41) is 2.95. The lowest BCUT2D eigenvalue weighted by atomic mass is 9.81. The molecular formula is C22H31N3O4. The van der Waals surface area contributed by atoms with Crippen LogP contribution < -0.4 is 10.1 Å². The van der Waals surface area contributed by atoms with E-state index < -0.39 is 0 Å². The molecule has 1 heterocycles. The number of amides is 3. The number of likely N-dealkylation sites (N-methyl/N-ethyl adjacent to an activating group) is 1. The van der Waals surface area contributed by atoms with Crippen LogP contribution in [0.15, 0.2) is 24.3 Å². The van der Waals surface area contributed by atoms with Crippen molar-refractivity contribution in [2.45, 2.75) is 38.1 Å². The number of ether oxygens (including phenoxy) is 1. The summed E-state index contributed by atoms with van der Waals surface area (Å²) in [6.45, 7) is 0.606. The molecule has 1 aromatic rings. The highest BCUT2D eigenvalue weighted by atomic mass is 16.5. The zero-order valence-corrected chi connectivity index (χ0v) is 17.5. The van der Waals surface area contributed by atoms with E-state index in [9.17, 15) is 14.4 Å². The number of carbonyl (C=O) groups excluding carboxylic acids is 3. The molecule has 3 rings (SSSR count). The van der Waals surface area contributed by atoms with Gasteiger partial charge in [-0.2, -0.15) is 0 Å². The summed E-state index contributed by atoms with van der Waals surface area (Å²) in [6, 6.07) is 7.77. The van der Waals surface area contributed by atoms with Gasteiger partial charge in [0.2, 0.25) is 17.7 Å². The number of hydrogen-bond acceptors (Lipinski definition) is 5. The SMILES string of the molecule is COc1cccc([C@@H](CNC(=O)CCN2C(=O)[C@H]3CCCC[C@@H]3C2=O)N(C)C)c1. The van der Waals surface area contributed by atoms with Crippen molar-refractivity contribution < 1.29 is 19.1 Å². The van der Waals surface area contributed by atoms with Gasteiger partial charge in [0, 0.05) is 19.5 Å². The van der Waals surface area contributed by atoms with Gasteiger partial charge >= 0.3 is 0 Å². The number of methoxy groups -OCH3 is 1. The van der Waals surface area contributed by atoms with Crippen molar-refractivity contribution in [2.24, 2.45) is 11.8 Å². The van der Waals surface area contributed by atoms with Gasteiger partial charge in [0.05, 0.1) is 25.0 Å². The van der Waals surface area contributed by atoms with Gasteiger partial charge in [-0.3, -0.25) is 19.3 Å². The normalized spacial score (nSPS) is 22.6. The van der Waals surface area contributed by atoms with Gasteiger partial charge in [0.25, 0.3) is 0 Å². The summed E-state index contributed by atoms with van der Waals surface area (Å²) in [4.78, 5) is 40.8. The number of nitrogens with one attached hydrogen (secondary N) is 1. The van der Waals surface area contributed by atoms with E-state index in [0.717, 1.165) is 37.0 Å². The van der Waals surface area contributed by atoms with E-state index in [4.69, 9.17) is 4.74 Å². The summed E-state index contributed by atoms with van der Waals surface area (Å²) in [6.07, 6.45) is 3.73. The molecule has 1 N–H and O–H groups in total. The second kappa shape index (κ2) is 9.39. The van der Waals surface area contributed by atoms with Gasteiger partial charge < -0.3 is 15.0 Å². The molecular weight excluding hydrogens is 370 g/mol. The van der Waals surface area contributed by atoms with Crippen LogP contribution in [-0.4, -0.2) is 61.8 Å². The molecule has 3 amide bonds. The van der Waals surface area contributed by atoms with Gasteiger partial charge in [-0.1, -0.05) is 25.0 Å². The number of benzene rings is 1. The van der Waals surface area contributed by atoms with Gasteiger partial charge in [0.1, 0.15) is 5.75 Å². The topological polar surface area (TPSA) is 79.0 Å². The van der Waals surface area contributed by atoms with Gasteiger partial charge in [-0.25, -0.2) is 0 Å². The third kappa shape index (κ3) is 4.78. The first kappa shape index (κ1) is 21.3. The zero-order chi connectivity index (χ0) is 21.0. The fourth-order valence-electron chi connectivity index (χ4n) is 4.41. The molecule has 158 valence electrons. The van der Waals surface area contributed by atoms with E-state index in [0.29, 0.717) is 6.54 Å². The largest absolute Gasteiger partial charge is 0.497 e. The molecule has 1 aromatic carbocycles. The third-order valence-corrected chi connectivity index (χ3v) is 6.09. The smallest absolute Gasteiger partial charge is 0.233 e. The minimum absolute atomic E-state index is 0.00744. The lowest BCUT2D eigenvalue weighted by molar-refractivity contribution is -0.140. The monoisotopic (exact) mass is 401 g/mol. The van der Waals surface area contributed by atoms with Gasteiger partial charge in [-0.15, -0.1) is 0 Å². The molecule has 2 aliphatic rings. The molecule has 29 heavy (non-hydrogen) atoms. The number of carbonyl (C=O) groups is 3. The highest BCUT2D eigenvalue weighted by Crippen LogP contribution is 2.37. The van der Waals surface area contributed by atoms with Crippen molar-refractivity contribution in [3.63, 3.8) is 0 Å². The number of nitrogens with zero attached hydrogens (tertiary/aromatic N) is 2. The summed E-state index contributed by atoms with van der Waals surface area (Å²) in [5.74, 6) is 0.115. The first-order valence-electron chi connectivity index (χ1n) is 10.3. The fraction of sp³-hybridized carbons (Fsp3) is 0.591. The molecule has 7 nitrogen and oxygen atoms in total. The first-order chi connectivity index (χ1) is 13.9. The highest BCUT2D eigenvalue weighted by molar-refractivity contribution is 6.05. The summed E-state index contributed by atoms with van der Waals surface area (Å²) < 4.78 is 5.29. The summed E-state index contributed by atoms with van der Waals surface area (Å²) in [7, 11) is 5.54. The van der Waals surface area contributed by atoms with Crippen molar-refractivity contribution in [3.8, 4) is 5.75 Å². The number of likely N-dealkylation sites (tertiary alicyclic amines) is 1. The highest BCUT2D eigenvalue weighted by Gasteiger charge is 2.47. The van der Waals surface area contributed by atoms with Gasteiger partial charge in [-0.05, 0) is 44.6 Å². The van der Waals surface area contributed by atoms with Crippen LogP contribution in [0.25, 0.3) is 0 Å². The molecule has 1 saturated heterocycles. The Morgan fingerprint density at radius 1 is 1.21 bits per heavy atom. The van der Waals surface area contributed by atoms with Crippen LogP contribution in [0.1, 0.15) is 43.7 Å². The fourth-order valence-corrected chi connectivity index (χ4v) is 4.41. The second-order valence-corrected chi connectivity index (χ2v) is 8.14. The van der Waals surface area contributed by atoms with E-state index in [1.165, 1.54) is 4.90 Å². The number of hydrogen-bond donors (Lipinski definition) is 1. The van der Waals surface area contributed by atoms with Crippen LogP contribution in [0.3, 0.4) is 0 Å². The lowest BCUT2D eigenvalue weighted by Gasteiger charge is -2.25. The molecule has 1 aliphatic carbocycles. The van der Waals surface area contributed by atoms with Crippen LogP contribution in [0.4, 0.5) is 0 Å². The molecule has 3 atom stereocenters. The Hall–Kier alpha value is -2.41. The van der Waals surface area contributed by atoms with E-state index in [-0.39, 0.29) is 48.6 Å². The van der Waals surface area contributed by atoms with Crippen molar-refractivity contribution in [1.82, 2.24) is 15.1 Å². The van der Waals surface area contributed by atoms with Gasteiger partial charge in [0.15, 0.2) is 0 Å². The molecule has 1 saturated carbocycles. The van der Waals surface area contributed by atoms with Crippen LogP contribution in [0.5, 0.6) is 5.75 Å². The van der Waals surface area contributed by atoms with Crippen molar-refractivity contribution in [3.05, 3.63) is 29.8 Å². The lowest BCUT2D eigenvalue weighted by Crippen LogP contribution is -2.38.